The van der Waals surface area contributed by atoms with Gasteiger partial charge in [0.05, 0.1) is 0 Å². The molecule has 1 aromatic carbocycles. The summed E-state index contributed by atoms with van der Waals surface area (Å²) in [6.07, 6.45) is 1.21. The van der Waals surface area contributed by atoms with Crippen molar-refractivity contribution in [2.45, 2.75) is 20.3 Å². The Morgan fingerprint density at radius 1 is 1.21 bits per heavy atom. The summed E-state index contributed by atoms with van der Waals surface area (Å²) >= 11 is 0. The van der Waals surface area contributed by atoms with Crippen LogP contribution in [-0.2, 0) is 0 Å². The highest BCUT2D eigenvalue weighted by molar-refractivity contribution is 5.56. The minimum Gasteiger partial charge on any atom is -0.388 e. The minimum absolute atomic E-state index is 0.759. The Kier molecular flexibility index (Phi) is 4.30. The molecular weight excluding hydrogens is 172 g/mol. The van der Waals surface area contributed by atoms with Gasteiger partial charge in [-0.15, -0.1) is 0 Å². The van der Waals surface area contributed by atoms with E-state index >= 15 is 0 Å². The molecule has 0 aliphatic rings. The fourth-order valence-corrected chi connectivity index (χ4v) is 1.29. The largest absolute Gasteiger partial charge is 0.388 e. The predicted molar refractivity (Wildman–Crippen MR) is 63.9 cm³/mol. The summed E-state index contributed by atoms with van der Waals surface area (Å²) in [6.45, 7) is 5.53. The lowest BCUT2D eigenvalue weighted by atomic mass is 10.1. The first kappa shape index (κ1) is 10.9. The third kappa shape index (κ3) is 3.69. The van der Waals surface area contributed by atoms with Crippen LogP contribution in [0.3, 0.4) is 0 Å². The minimum atomic E-state index is 0.759. The zero-order valence-corrected chi connectivity index (χ0v) is 9.30. The third-order valence-corrected chi connectivity index (χ3v) is 2.20. The zero-order valence-electron chi connectivity index (χ0n) is 9.30. The molecule has 78 valence electrons. The monoisotopic (exact) mass is 192 g/mol. The van der Waals surface area contributed by atoms with Crippen molar-refractivity contribution in [2.75, 3.05) is 24.2 Å². The molecule has 14 heavy (non-hydrogen) atoms. The Morgan fingerprint density at radius 2 is 1.93 bits per heavy atom. The van der Waals surface area contributed by atoms with Crippen LogP contribution in [0.5, 0.6) is 0 Å². The van der Waals surface area contributed by atoms with E-state index in [4.69, 9.17) is 0 Å². The van der Waals surface area contributed by atoms with E-state index in [1.54, 1.807) is 0 Å². The summed E-state index contributed by atoms with van der Waals surface area (Å²) in [5, 5.41) is 6.54. The normalized spacial score (nSPS) is 10.3. The fourth-order valence-electron chi connectivity index (χ4n) is 1.29. The Labute approximate surface area is 86.7 Å². The molecule has 0 radical (unpaired) electrons. The zero-order chi connectivity index (χ0) is 10.4. The molecule has 0 saturated heterocycles. The molecule has 0 saturated carbocycles. The summed E-state index contributed by atoms with van der Waals surface area (Å²) in [7, 11) is 1.94. The van der Waals surface area contributed by atoms with Crippen LogP contribution >= 0.6 is 0 Å². The van der Waals surface area contributed by atoms with Gasteiger partial charge in [0.25, 0.3) is 0 Å². The van der Waals surface area contributed by atoms with Gasteiger partial charge < -0.3 is 10.6 Å². The van der Waals surface area contributed by atoms with Gasteiger partial charge in [-0.25, -0.2) is 0 Å². The number of hydrogen-bond acceptors (Lipinski definition) is 2. The molecular formula is C12H20N2. The molecule has 1 aromatic rings. The lowest BCUT2D eigenvalue weighted by Crippen LogP contribution is -2.04. The maximum absolute atomic E-state index is 3.41. The molecule has 0 unspecified atom stereocenters. The van der Waals surface area contributed by atoms with E-state index in [1.807, 2.05) is 7.05 Å². The molecule has 0 spiro atoms. The lowest BCUT2D eigenvalue weighted by molar-refractivity contribution is 0.607. The van der Waals surface area contributed by atoms with Crippen LogP contribution in [0.1, 0.15) is 20.3 Å². The van der Waals surface area contributed by atoms with E-state index in [9.17, 15) is 0 Å². The highest BCUT2D eigenvalue weighted by atomic mass is 14.9. The summed E-state index contributed by atoms with van der Waals surface area (Å²) in [4.78, 5) is 0. The molecule has 0 atom stereocenters. The van der Waals surface area contributed by atoms with Crippen LogP contribution in [0, 0.1) is 5.92 Å². The molecule has 2 N–H and O–H groups in total. The van der Waals surface area contributed by atoms with Crippen LogP contribution in [0.2, 0.25) is 0 Å². The number of hydrogen-bond donors (Lipinski definition) is 2. The van der Waals surface area contributed by atoms with E-state index in [2.05, 4.69) is 48.7 Å². The fraction of sp³-hybridized carbons (Fsp3) is 0.500. The van der Waals surface area contributed by atoms with Gasteiger partial charge >= 0.3 is 0 Å². The van der Waals surface area contributed by atoms with Gasteiger partial charge in [0, 0.05) is 25.0 Å². The molecule has 1 rings (SSSR count). The van der Waals surface area contributed by atoms with Gasteiger partial charge in [-0.05, 0) is 30.5 Å². The van der Waals surface area contributed by atoms with Crippen molar-refractivity contribution in [3.8, 4) is 0 Å². The first-order valence-electron chi connectivity index (χ1n) is 5.24. The van der Waals surface area contributed by atoms with Crippen LogP contribution in [0.25, 0.3) is 0 Å². The first-order chi connectivity index (χ1) is 6.72. The SMILES string of the molecule is CNc1cccc(NCCC(C)C)c1. The van der Waals surface area contributed by atoms with Gasteiger partial charge in [-0.1, -0.05) is 19.9 Å². The van der Waals surface area contributed by atoms with Gasteiger partial charge in [-0.2, -0.15) is 0 Å². The van der Waals surface area contributed by atoms with Crippen molar-refractivity contribution in [2.24, 2.45) is 5.92 Å². The van der Waals surface area contributed by atoms with Crippen molar-refractivity contribution < 1.29 is 0 Å². The van der Waals surface area contributed by atoms with Gasteiger partial charge in [0.15, 0.2) is 0 Å². The van der Waals surface area contributed by atoms with Crippen LogP contribution in [0.15, 0.2) is 24.3 Å². The molecule has 2 nitrogen and oxygen atoms in total. The van der Waals surface area contributed by atoms with Gasteiger partial charge in [-0.3, -0.25) is 0 Å². The summed E-state index contributed by atoms with van der Waals surface area (Å²) < 4.78 is 0. The van der Waals surface area contributed by atoms with E-state index < -0.39 is 0 Å². The van der Waals surface area contributed by atoms with E-state index in [1.165, 1.54) is 12.1 Å². The maximum Gasteiger partial charge on any atom is 0.0360 e. The molecule has 0 bridgehead atoms. The smallest absolute Gasteiger partial charge is 0.0360 e. The van der Waals surface area contributed by atoms with Crippen molar-refractivity contribution in [1.82, 2.24) is 0 Å². The maximum atomic E-state index is 3.41. The lowest BCUT2D eigenvalue weighted by Gasteiger charge is -2.09. The summed E-state index contributed by atoms with van der Waals surface area (Å²) in [5.74, 6) is 0.759. The number of anilines is 2. The average Bonchev–Trinajstić information content (AvgIpc) is 2.18. The van der Waals surface area contributed by atoms with Crippen LogP contribution < -0.4 is 10.6 Å². The number of nitrogens with one attached hydrogen (secondary N) is 2. The highest BCUT2D eigenvalue weighted by Gasteiger charge is 1.95. The molecule has 0 fully saturated rings. The number of benzene rings is 1. The van der Waals surface area contributed by atoms with E-state index in [0.717, 1.165) is 18.2 Å². The second-order valence-electron chi connectivity index (χ2n) is 3.94. The molecule has 2 heteroatoms. The molecule has 0 aliphatic heterocycles. The van der Waals surface area contributed by atoms with E-state index in [0.29, 0.717) is 0 Å². The Bertz CT molecular complexity index is 269. The second kappa shape index (κ2) is 5.53. The predicted octanol–water partition coefficient (Wildman–Crippen LogP) is 3.19. The summed E-state index contributed by atoms with van der Waals surface area (Å²) in [5.41, 5.74) is 2.34. The van der Waals surface area contributed by atoms with Crippen molar-refractivity contribution in [3.05, 3.63) is 24.3 Å². The van der Waals surface area contributed by atoms with E-state index in [-0.39, 0.29) is 0 Å². The quantitative estimate of drug-likeness (QED) is 0.748. The summed E-state index contributed by atoms with van der Waals surface area (Å²) in [6, 6.07) is 8.35. The van der Waals surface area contributed by atoms with Gasteiger partial charge in [0.1, 0.15) is 0 Å². The molecule has 0 amide bonds. The topological polar surface area (TPSA) is 24.1 Å². The molecule has 0 aromatic heterocycles. The molecule has 0 heterocycles. The van der Waals surface area contributed by atoms with Crippen LogP contribution in [-0.4, -0.2) is 13.6 Å². The Morgan fingerprint density at radius 3 is 2.57 bits per heavy atom. The highest BCUT2D eigenvalue weighted by Crippen LogP contribution is 2.14. The molecule has 0 aliphatic carbocycles. The standard InChI is InChI=1S/C12H20N2/c1-10(2)7-8-14-12-6-4-5-11(9-12)13-3/h4-6,9-10,13-14H,7-8H2,1-3H3. The van der Waals surface area contributed by atoms with Crippen molar-refractivity contribution in [3.63, 3.8) is 0 Å². The van der Waals surface area contributed by atoms with Crippen molar-refractivity contribution in [1.29, 1.82) is 0 Å². The number of rotatable bonds is 5. The average molecular weight is 192 g/mol. The Hall–Kier alpha value is -1.18. The Balaban J connectivity index is 2.42. The van der Waals surface area contributed by atoms with Gasteiger partial charge in [0.2, 0.25) is 0 Å². The second-order valence-corrected chi connectivity index (χ2v) is 3.94. The van der Waals surface area contributed by atoms with Crippen molar-refractivity contribution >= 4 is 11.4 Å². The van der Waals surface area contributed by atoms with Crippen LogP contribution in [0.4, 0.5) is 11.4 Å². The third-order valence-electron chi connectivity index (χ3n) is 2.20. The first-order valence-corrected chi connectivity index (χ1v) is 5.24.